The van der Waals surface area contributed by atoms with E-state index in [9.17, 15) is 9.59 Å². The maximum atomic E-state index is 12.3. The molecule has 0 unspecified atom stereocenters. The standard InChI is InChI=1S/C15H22BrN3O4/c1-5-22-12(20)11-10-9-18(14(21)23-15(2,3)4)7-6-8-19(10)13(16)17-11/h5-9H2,1-4H3. The number of aromatic nitrogens is 2. The van der Waals surface area contributed by atoms with E-state index in [1.807, 2.05) is 25.3 Å². The highest BCUT2D eigenvalue weighted by Crippen LogP contribution is 2.24. The molecule has 2 rings (SSSR count). The lowest BCUT2D eigenvalue weighted by Crippen LogP contribution is -2.36. The molecular formula is C15H22BrN3O4. The first-order valence-corrected chi connectivity index (χ1v) is 8.42. The molecule has 0 N–H and O–H groups in total. The Morgan fingerprint density at radius 3 is 2.61 bits per heavy atom. The van der Waals surface area contributed by atoms with Crippen molar-refractivity contribution in [3.8, 4) is 0 Å². The molecule has 0 fully saturated rings. The lowest BCUT2D eigenvalue weighted by Gasteiger charge is -2.26. The molecule has 1 aliphatic rings. The van der Waals surface area contributed by atoms with E-state index in [4.69, 9.17) is 9.47 Å². The molecule has 1 aromatic heterocycles. The Hall–Kier alpha value is -1.57. The fourth-order valence-corrected chi connectivity index (χ4v) is 2.94. The van der Waals surface area contributed by atoms with E-state index in [2.05, 4.69) is 20.9 Å². The lowest BCUT2D eigenvalue weighted by atomic mass is 10.2. The summed E-state index contributed by atoms with van der Waals surface area (Å²) in [5, 5.41) is 0. The van der Waals surface area contributed by atoms with Crippen LogP contribution in [0.1, 0.15) is 50.3 Å². The van der Waals surface area contributed by atoms with Crippen molar-refractivity contribution >= 4 is 28.0 Å². The summed E-state index contributed by atoms with van der Waals surface area (Å²) in [7, 11) is 0. The molecule has 0 aromatic carbocycles. The summed E-state index contributed by atoms with van der Waals surface area (Å²) < 4.78 is 13.0. The van der Waals surface area contributed by atoms with Gasteiger partial charge in [0.2, 0.25) is 0 Å². The SMILES string of the molecule is CCOC(=O)c1nc(Br)n2c1CN(C(=O)OC(C)(C)C)CCC2. The van der Waals surface area contributed by atoms with Crippen LogP contribution >= 0.6 is 15.9 Å². The van der Waals surface area contributed by atoms with Crippen molar-refractivity contribution in [2.24, 2.45) is 0 Å². The van der Waals surface area contributed by atoms with Crippen LogP contribution in [0.25, 0.3) is 0 Å². The molecule has 128 valence electrons. The van der Waals surface area contributed by atoms with Gasteiger partial charge < -0.3 is 18.9 Å². The number of fused-ring (bicyclic) bond motifs is 1. The third-order valence-electron chi connectivity index (χ3n) is 3.30. The molecule has 1 aromatic rings. The van der Waals surface area contributed by atoms with Crippen LogP contribution in [0.2, 0.25) is 0 Å². The van der Waals surface area contributed by atoms with Crippen molar-refractivity contribution in [1.29, 1.82) is 0 Å². The van der Waals surface area contributed by atoms with E-state index < -0.39 is 17.7 Å². The highest BCUT2D eigenvalue weighted by atomic mass is 79.9. The maximum absolute atomic E-state index is 12.3. The Balaban J connectivity index is 2.28. The number of hydrogen-bond acceptors (Lipinski definition) is 5. The van der Waals surface area contributed by atoms with E-state index in [1.165, 1.54) is 0 Å². The number of nitrogens with zero attached hydrogens (tertiary/aromatic N) is 3. The summed E-state index contributed by atoms with van der Waals surface area (Å²) in [5.41, 5.74) is 0.349. The second kappa shape index (κ2) is 6.90. The topological polar surface area (TPSA) is 73.7 Å². The third kappa shape index (κ3) is 4.25. The molecule has 1 amide bonds. The smallest absolute Gasteiger partial charge is 0.410 e. The first kappa shape index (κ1) is 17.8. The molecular weight excluding hydrogens is 366 g/mol. The largest absolute Gasteiger partial charge is 0.461 e. The zero-order chi connectivity index (χ0) is 17.2. The zero-order valence-electron chi connectivity index (χ0n) is 13.9. The van der Waals surface area contributed by atoms with Gasteiger partial charge in [0.15, 0.2) is 10.4 Å². The number of esters is 1. The monoisotopic (exact) mass is 387 g/mol. The molecule has 8 heteroatoms. The molecule has 0 radical (unpaired) electrons. The van der Waals surface area contributed by atoms with Gasteiger partial charge in [0.1, 0.15) is 5.60 Å². The van der Waals surface area contributed by atoms with E-state index in [0.29, 0.717) is 23.5 Å². The van der Waals surface area contributed by atoms with Gasteiger partial charge >= 0.3 is 12.1 Å². The number of carbonyl (C=O) groups is 2. The fraction of sp³-hybridized carbons (Fsp3) is 0.667. The van der Waals surface area contributed by atoms with Gasteiger partial charge in [0.05, 0.1) is 18.8 Å². The summed E-state index contributed by atoms with van der Waals surface area (Å²) in [5.74, 6) is -0.479. The first-order valence-electron chi connectivity index (χ1n) is 7.63. The first-order chi connectivity index (χ1) is 10.7. The van der Waals surface area contributed by atoms with Crippen molar-refractivity contribution in [3.63, 3.8) is 0 Å². The Kier molecular flexibility index (Phi) is 5.33. The van der Waals surface area contributed by atoms with Crippen LogP contribution in [0.3, 0.4) is 0 Å². The minimum absolute atomic E-state index is 0.245. The van der Waals surface area contributed by atoms with E-state index in [1.54, 1.807) is 11.8 Å². The normalized spacial score (nSPS) is 14.9. The van der Waals surface area contributed by atoms with Gasteiger partial charge in [-0.15, -0.1) is 0 Å². The lowest BCUT2D eigenvalue weighted by molar-refractivity contribution is 0.0233. The molecule has 0 atom stereocenters. The number of halogens is 1. The Labute approximate surface area is 144 Å². The van der Waals surface area contributed by atoms with Gasteiger partial charge in [0.25, 0.3) is 0 Å². The summed E-state index contributed by atoms with van der Waals surface area (Å²) in [4.78, 5) is 30.3. The minimum Gasteiger partial charge on any atom is -0.461 e. The quantitative estimate of drug-likeness (QED) is 0.729. The average Bonchev–Trinajstić information content (AvgIpc) is 2.61. The molecule has 0 saturated carbocycles. The summed E-state index contributed by atoms with van der Waals surface area (Å²) in [6, 6.07) is 0. The van der Waals surface area contributed by atoms with E-state index >= 15 is 0 Å². The predicted molar refractivity (Wildman–Crippen MR) is 87.1 cm³/mol. The van der Waals surface area contributed by atoms with Crippen LogP contribution in [0.4, 0.5) is 4.79 Å². The van der Waals surface area contributed by atoms with Crippen LogP contribution in [0.5, 0.6) is 0 Å². The second-order valence-electron chi connectivity index (χ2n) is 6.30. The van der Waals surface area contributed by atoms with Crippen molar-refractivity contribution in [1.82, 2.24) is 14.5 Å². The molecule has 2 heterocycles. The molecule has 7 nitrogen and oxygen atoms in total. The number of rotatable bonds is 2. The molecule has 0 saturated heterocycles. The van der Waals surface area contributed by atoms with Crippen LogP contribution in [-0.2, 0) is 22.6 Å². The number of ether oxygens (including phenoxy) is 2. The van der Waals surface area contributed by atoms with Crippen LogP contribution in [0, 0.1) is 0 Å². The van der Waals surface area contributed by atoms with Crippen molar-refractivity contribution in [2.75, 3.05) is 13.2 Å². The third-order valence-corrected chi connectivity index (χ3v) is 3.90. The molecule has 0 aliphatic carbocycles. The highest BCUT2D eigenvalue weighted by Gasteiger charge is 2.30. The number of hydrogen-bond donors (Lipinski definition) is 0. The minimum atomic E-state index is -0.561. The summed E-state index contributed by atoms with van der Waals surface area (Å²) in [6.07, 6.45) is 0.363. The second-order valence-corrected chi connectivity index (χ2v) is 7.01. The molecule has 1 aliphatic heterocycles. The van der Waals surface area contributed by atoms with Gasteiger partial charge in [-0.2, -0.15) is 0 Å². The Bertz CT molecular complexity index is 607. The van der Waals surface area contributed by atoms with Gasteiger partial charge in [0, 0.05) is 13.1 Å². The van der Waals surface area contributed by atoms with Crippen LogP contribution in [0.15, 0.2) is 4.73 Å². The fourth-order valence-electron chi connectivity index (χ4n) is 2.37. The van der Waals surface area contributed by atoms with Crippen molar-refractivity contribution in [3.05, 3.63) is 16.1 Å². The predicted octanol–water partition coefficient (Wildman–Crippen LogP) is 2.96. The van der Waals surface area contributed by atoms with Gasteiger partial charge in [-0.3, -0.25) is 0 Å². The molecule has 0 bridgehead atoms. The summed E-state index contributed by atoms with van der Waals surface area (Å²) in [6.45, 7) is 9.00. The number of imidazole rings is 1. The molecule has 23 heavy (non-hydrogen) atoms. The number of carbonyl (C=O) groups excluding carboxylic acids is 2. The summed E-state index contributed by atoms with van der Waals surface area (Å²) >= 11 is 3.37. The van der Waals surface area contributed by atoms with Gasteiger partial charge in [-0.25, -0.2) is 14.6 Å². The Morgan fingerprint density at radius 1 is 1.30 bits per heavy atom. The van der Waals surface area contributed by atoms with Crippen LogP contribution < -0.4 is 0 Å². The highest BCUT2D eigenvalue weighted by molar-refractivity contribution is 9.10. The maximum Gasteiger partial charge on any atom is 0.410 e. The van der Waals surface area contributed by atoms with Gasteiger partial charge in [-0.1, -0.05) is 0 Å². The molecule has 0 spiro atoms. The van der Waals surface area contributed by atoms with Crippen molar-refractivity contribution in [2.45, 2.75) is 52.8 Å². The van der Waals surface area contributed by atoms with Crippen molar-refractivity contribution < 1.29 is 19.1 Å². The average molecular weight is 388 g/mol. The van der Waals surface area contributed by atoms with Gasteiger partial charge in [-0.05, 0) is 50.0 Å². The van der Waals surface area contributed by atoms with E-state index in [0.717, 1.165) is 6.42 Å². The van der Waals surface area contributed by atoms with Crippen LogP contribution in [-0.4, -0.2) is 45.3 Å². The number of amides is 1. The Morgan fingerprint density at radius 2 is 2.00 bits per heavy atom. The zero-order valence-corrected chi connectivity index (χ0v) is 15.5. The van der Waals surface area contributed by atoms with E-state index in [-0.39, 0.29) is 18.8 Å².